The first-order valence-electron chi connectivity index (χ1n) is 8.96. The monoisotopic (exact) mass is 426 g/mol. The van der Waals surface area contributed by atoms with Crippen LogP contribution in [0.2, 0.25) is 10.3 Å². The summed E-state index contributed by atoms with van der Waals surface area (Å²) in [6.45, 7) is 0.975. The summed E-state index contributed by atoms with van der Waals surface area (Å²) in [5.74, 6) is -0.328. The second-order valence-electron chi connectivity index (χ2n) is 6.59. The summed E-state index contributed by atoms with van der Waals surface area (Å²) in [4.78, 5) is 34.6. The molecule has 29 heavy (non-hydrogen) atoms. The van der Waals surface area contributed by atoms with E-state index in [-0.39, 0.29) is 17.0 Å². The van der Waals surface area contributed by atoms with Crippen LogP contribution in [0, 0.1) is 0 Å². The van der Waals surface area contributed by atoms with Crippen LogP contribution in [0.1, 0.15) is 31.8 Å². The van der Waals surface area contributed by atoms with E-state index in [2.05, 4.69) is 15.3 Å². The molecule has 8 heteroatoms. The summed E-state index contributed by atoms with van der Waals surface area (Å²) in [6, 6.07) is 12.3. The number of aromatic nitrogens is 2. The van der Waals surface area contributed by atoms with Crippen molar-refractivity contribution >= 4 is 40.7 Å². The number of nitrogens with one attached hydrogen (secondary N) is 1. The van der Waals surface area contributed by atoms with Crippen molar-refractivity contribution in [2.24, 2.45) is 0 Å². The molecule has 1 aliphatic heterocycles. The predicted octanol–water partition coefficient (Wildman–Crippen LogP) is 3.92. The Morgan fingerprint density at radius 3 is 2.62 bits per heavy atom. The number of fused-ring (bicyclic) bond motifs is 1. The molecule has 2 amide bonds. The van der Waals surface area contributed by atoms with Gasteiger partial charge < -0.3 is 10.2 Å². The first kappa shape index (κ1) is 19.4. The molecule has 4 rings (SSSR count). The van der Waals surface area contributed by atoms with E-state index < -0.39 is 0 Å². The Labute approximate surface area is 177 Å². The predicted molar refractivity (Wildman–Crippen MR) is 111 cm³/mol. The van der Waals surface area contributed by atoms with Gasteiger partial charge in [-0.1, -0.05) is 35.3 Å². The van der Waals surface area contributed by atoms with Crippen LogP contribution >= 0.6 is 23.2 Å². The molecule has 0 aliphatic carbocycles. The van der Waals surface area contributed by atoms with Crippen molar-refractivity contribution in [1.29, 1.82) is 0 Å². The molecule has 0 fully saturated rings. The van der Waals surface area contributed by atoms with Crippen LogP contribution in [-0.2, 0) is 13.0 Å². The molecule has 1 aliphatic rings. The van der Waals surface area contributed by atoms with E-state index in [0.717, 1.165) is 23.2 Å². The van der Waals surface area contributed by atoms with Gasteiger partial charge >= 0.3 is 0 Å². The molecule has 3 heterocycles. The minimum Gasteiger partial charge on any atom is -0.348 e. The maximum absolute atomic E-state index is 12.8. The minimum absolute atomic E-state index is 0.107. The number of anilines is 1. The van der Waals surface area contributed by atoms with Gasteiger partial charge in [0.25, 0.3) is 11.8 Å². The number of rotatable bonds is 4. The highest BCUT2D eigenvalue weighted by Crippen LogP contribution is 2.30. The minimum atomic E-state index is -0.221. The molecular formula is C21H16Cl2N4O2. The van der Waals surface area contributed by atoms with Gasteiger partial charge in [-0.3, -0.25) is 9.59 Å². The van der Waals surface area contributed by atoms with Gasteiger partial charge in [-0.15, -0.1) is 0 Å². The maximum atomic E-state index is 12.8. The first-order chi connectivity index (χ1) is 14.0. The van der Waals surface area contributed by atoms with Gasteiger partial charge in [-0.2, -0.15) is 0 Å². The Morgan fingerprint density at radius 1 is 1.00 bits per heavy atom. The Balaban J connectivity index is 1.45. The van der Waals surface area contributed by atoms with Crippen molar-refractivity contribution in [2.75, 3.05) is 11.4 Å². The fourth-order valence-corrected chi connectivity index (χ4v) is 3.55. The summed E-state index contributed by atoms with van der Waals surface area (Å²) in [5.41, 5.74) is 3.85. The lowest BCUT2D eigenvalue weighted by Crippen LogP contribution is -2.28. The van der Waals surface area contributed by atoms with Gasteiger partial charge in [0, 0.05) is 36.7 Å². The van der Waals surface area contributed by atoms with Gasteiger partial charge in [-0.25, -0.2) is 9.97 Å². The lowest BCUT2D eigenvalue weighted by atomic mass is 10.1. The molecule has 1 N–H and O–H groups in total. The van der Waals surface area contributed by atoms with E-state index in [1.165, 1.54) is 12.4 Å². The summed E-state index contributed by atoms with van der Waals surface area (Å²) < 4.78 is 0. The summed E-state index contributed by atoms with van der Waals surface area (Å²) in [5, 5.41) is 3.50. The average Bonchev–Trinajstić information content (AvgIpc) is 3.15. The Hall–Kier alpha value is -2.96. The third-order valence-corrected chi connectivity index (χ3v) is 5.13. The third-order valence-electron chi connectivity index (χ3n) is 4.70. The number of nitrogens with zero attached hydrogens (tertiary/aromatic N) is 3. The quantitative estimate of drug-likeness (QED) is 0.641. The number of hydrogen-bond donors (Lipinski definition) is 1. The SMILES string of the molecule is O=C(NCc1ccc2c(c1)CCN2C(=O)c1ccnc(Cl)c1)c1ccc(Cl)nc1. The lowest BCUT2D eigenvalue weighted by Gasteiger charge is -2.18. The molecule has 0 spiro atoms. The molecule has 2 aromatic heterocycles. The Morgan fingerprint density at radius 2 is 1.86 bits per heavy atom. The lowest BCUT2D eigenvalue weighted by molar-refractivity contribution is 0.0949. The van der Waals surface area contributed by atoms with Crippen LogP contribution in [0.5, 0.6) is 0 Å². The number of amides is 2. The van der Waals surface area contributed by atoms with Gasteiger partial charge in [0.2, 0.25) is 0 Å². The van der Waals surface area contributed by atoms with Crippen LogP contribution in [-0.4, -0.2) is 28.3 Å². The van der Waals surface area contributed by atoms with Gasteiger partial charge in [0.15, 0.2) is 0 Å². The topological polar surface area (TPSA) is 75.2 Å². The number of carbonyl (C=O) groups is 2. The van der Waals surface area contributed by atoms with E-state index in [4.69, 9.17) is 23.2 Å². The van der Waals surface area contributed by atoms with E-state index >= 15 is 0 Å². The second-order valence-corrected chi connectivity index (χ2v) is 7.36. The van der Waals surface area contributed by atoms with E-state index in [9.17, 15) is 9.59 Å². The smallest absolute Gasteiger partial charge is 0.258 e. The van der Waals surface area contributed by atoms with Crippen LogP contribution < -0.4 is 10.2 Å². The fraction of sp³-hybridized carbons (Fsp3) is 0.143. The van der Waals surface area contributed by atoms with E-state index in [0.29, 0.717) is 29.4 Å². The number of hydrogen-bond acceptors (Lipinski definition) is 4. The molecule has 0 radical (unpaired) electrons. The number of pyridine rings is 2. The molecule has 146 valence electrons. The zero-order valence-corrected chi connectivity index (χ0v) is 16.7. The van der Waals surface area contributed by atoms with Crippen LogP contribution in [0.25, 0.3) is 0 Å². The molecule has 3 aromatic rings. The highest BCUT2D eigenvalue weighted by molar-refractivity contribution is 6.30. The van der Waals surface area contributed by atoms with Gasteiger partial charge in [0.1, 0.15) is 10.3 Å². The zero-order chi connectivity index (χ0) is 20.4. The van der Waals surface area contributed by atoms with Crippen molar-refractivity contribution in [3.8, 4) is 0 Å². The fourth-order valence-electron chi connectivity index (χ4n) is 3.26. The van der Waals surface area contributed by atoms with Gasteiger partial charge in [-0.05, 0) is 47.9 Å². The van der Waals surface area contributed by atoms with Crippen LogP contribution in [0.3, 0.4) is 0 Å². The molecule has 0 atom stereocenters. The largest absolute Gasteiger partial charge is 0.348 e. The van der Waals surface area contributed by atoms with Gasteiger partial charge in [0.05, 0.1) is 5.56 Å². The molecule has 0 bridgehead atoms. The van der Waals surface area contributed by atoms with Crippen molar-refractivity contribution in [3.63, 3.8) is 0 Å². The standard InChI is InChI=1S/C21H16Cl2N4O2/c22-18-4-2-16(12-25-18)20(28)26-11-13-1-3-17-14(9-13)6-8-27(17)21(29)15-5-7-24-19(23)10-15/h1-5,7,9-10,12H,6,8,11H2,(H,26,28). The molecule has 0 saturated carbocycles. The number of halogens is 2. The summed E-state index contributed by atoms with van der Waals surface area (Å²) in [7, 11) is 0. The molecular weight excluding hydrogens is 411 g/mol. The normalized spacial score (nSPS) is 12.6. The molecule has 0 unspecified atom stereocenters. The first-order valence-corrected chi connectivity index (χ1v) is 9.72. The Bertz CT molecular complexity index is 1090. The summed E-state index contributed by atoms with van der Waals surface area (Å²) >= 11 is 11.6. The maximum Gasteiger partial charge on any atom is 0.258 e. The number of carbonyl (C=O) groups excluding carboxylic acids is 2. The van der Waals surface area contributed by atoms with Crippen LogP contribution in [0.4, 0.5) is 5.69 Å². The number of benzene rings is 1. The van der Waals surface area contributed by atoms with Crippen molar-refractivity contribution in [1.82, 2.24) is 15.3 Å². The Kier molecular flexibility index (Phi) is 5.47. The zero-order valence-electron chi connectivity index (χ0n) is 15.2. The summed E-state index contributed by atoms with van der Waals surface area (Å²) in [6.07, 6.45) is 3.71. The third kappa shape index (κ3) is 4.23. The van der Waals surface area contributed by atoms with E-state index in [1.807, 2.05) is 18.2 Å². The highest BCUT2D eigenvalue weighted by Gasteiger charge is 2.26. The van der Waals surface area contributed by atoms with Crippen molar-refractivity contribution in [3.05, 3.63) is 87.4 Å². The van der Waals surface area contributed by atoms with Crippen molar-refractivity contribution < 1.29 is 9.59 Å². The van der Waals surface area contributed by atoms with Crippen LogP contribution in [0.15, 0.2) is 54.9 Å². The molecule has 1 aromatic carbocycles. The average molecular weight is 427 g/mol. The molecule has 0 saturated heterocycles. The van der Waals surface area contributed by atoms with Crippen molar-refractivity contribution in [2.45, 2.75) is 13.0 Å². The van der Waals surface area contributed by atoms with E-state index in [1.54, 1.807) is 29.2 Å². The highest BCUT2D eigenvalue weighted by atomic mass is 35.5. The molecule has 6 nitrogen and oxygen atoms in total. The second kappa shape index (κ2) is 8.19.